The highest BCUT2D eigenvalue weighted by atomic mass is 16.6. The number of hydrogen-bond acceptors (Lipinski definition) is 5. The van der Waals surface area contributed by atoms with E-state index in [4.69, 9.17) is 0 Å². The lowest BCUT2D eigenvalue weighted by Crippen LogP contribution is -2.02. The third kappa shape index (κ3) is 1.67. The first kappa shape index (κ1) is 10.3. The molecule has 7 nitrogen and oxygen atoms in total. The largest absolute Gasteiger partial charge is 0.362 e. The Morgan fingerprint density at radius 2 is 1.81 bits per heavy atom. The van der Waals surface area contributed by atoms with Crippen LogP contribution in [-0.4, -0.2) is 22.9 Å². The van der Waals surface area contributed by atoms with Crippen LogP contribution < -0.4 is 4.90 Å². The van der Waals surface area contributed by atoms with Gasteiger partial charge in [-0.2, -0.15) is 0 Å². The van der Waals surface area contributed by atoms with Gasteiger partial charge in [0.2, 0.25) is 0 Å². The first-order valence-corrected chi connectivity index (χ1v) is 4.69. The molecule has 1 aromatic carbocycles. The zero-order valence-electron chi connectivity index (χ0n) is 8.54. The quantitative estimate of drug-likeness (QED) is 0.441. The fourth-order valence-corrected chi connectivity index (χ4v) is 1.67. The van der Waals surface area contributed by atoms with Gasteiger partial charge in [-0.1, -0.05) is 0 Å². The van der Waals surface area contributed by atoms with Crippen LogP contribution in [0.5, 0.6) is 0 Å². The lowest BCUT2D eigenvalue weighted by Gasteiger charge is -2.07. The fraction of sp³-hybridized carbons (Fsp3) is 0.333. The second kappa shape index (κ2) is 3.44. The molecule has 16 heavy (non-hydrogen) atoms. The fourth-order valence-electron chi connectivity index (χ4n) is 1.67. The van der Waals surface area contributed by atoms with Crippen LogP contribution in [0.25, 0.3) is 0 Å². The van der Waals surface area contributed by atoms with Gasteiger partial charge in [0, 0.05) is 19.2 Å². The highest BCUT2D eigenvalue weighted by molar-refractivity contribution is 5.73. The van der Waals surface area contributed by atoms with E-state index in [1.165, 1.54) is 6.07 Å². The summed E-state index contributed by atoms with van der Waals surface area (Å²) in [5.41, 5.74) is 0.632. The molecule has 1 aliphatic heterocycles. The lowest BCUT2D eigenvalue weighted by atomic mass is 10.1. The molecule has 84 valence electrons. The maximum Gasteiger partial charge on any atom is 0.299 e. The first-order valence-electron chi connectivity index (χ1n) is 4.69. The van der Waals surface area contributed by atoms with Crippen LogP contribution >= 0.6 is 0 Å². The van der Waals surface area contributed by atoms with Crippen molar-refractivity contribution in [3.05, 3.63) is 37.9 Å². The number of nitrogens with zero attached hydrogens (tertiary/aromatic N) is 3. The van der Waals surface area contributed by atoms with E-state index in [9.17, 15) is 20.2 Å². The molecule has 1 saturated heterocycles. The van der Waals surface area contributed by atoms with Crippen LogP contribution in [0.4, 0.5) is 17.1 Å². The van der Waals surface area contributed by atoms with Crippen molar-refractivity contribution in [1.29, 1.82) is 0 Å². The summed E-state index contributed by atoms with van der Waals surface area (Å²) < 4.78 is 0. The van der Waals surface area contributed by atoms with E-state index in [2.05, 4.69) is 0 Å². The number of rotatable bonds is 3. The van der Waals surface area contributed by atoms with Gasteiger partial charge in [0.15, 0.2) is 0 Å². The Morgan fingerprint density at radius 1 is 1.19 bits per heavy atom. The third-order valence-electron chi connectivity index (χ3n) is 2.44. The molecular weight excluding hydrogens is 214 g/mol. The minimum absolute atomic E-state index is 0.191. The topological polar surface area (TPSA) is 89.3 Å². The van der Waals surface area contributed by atoms with Crippen molar-refractivity contribution in [3.63, 3.8) is 0 Å². The molecule has 0 aliphatic carbocycles. The predicted molar refractivity (Wildman–Crippen MR) is 56.7 cm³/mol. The van der Waals surface area contributed by atoms with Crippen LogP contribution in [-0.2, 0) is 0 Å². The number of non-ortho nitro benzene ring substituents is 1. The predicted octanol–water partition coefficient (Wildman–Crippen LogP) is 1.63. The number of hydrogen-bond donors (Lipinski definition) is 0. The van der Waals surface area contributed by atoms with Gasteiger partial charge in [-0.3, -0.25) is 20.2 Å². The minimum atomic E-state index is -0.619. The molecule has 1 fully saturated rings. The maximum absolute atomic E-state index is 10.8. The van der Waals surface area contributed by atoms with Crippen molar-refractivity contribution < 1.29 is 9.85 Å². The van der Waals surface area contributed by atoms with E-state index < -0.39 is 9.85 Å². The molecule has 1 aromatic rings. The number of anilines is 1. The van der Waals surface area contributed by atoms with Gasteiger partial charge in [-0.05, 0) is 12.5 Å². The smallest absolute Gasteiger partial charge is 0.299 e. The van der Waals surface area contributed by atoms with E-state index in [0.29, 0.717) is 11.3 Å². The Hall–Kier alpha value is -2.18. The molecular formula is C9H9N3O4. The molecule has 2 rings (SSSR count). The molecule has 0 spiro atoms. The summed E-state index contributed by atoms with van der Waals surface area (Å²) in [6, 6.07) is 2.38. The van der Waals surface area contributed by atoms with Crippen LogP contribution in [0, 0.1) is 27.2 Å². The first-order chi connectivity index (χ1) is 7.50. The number of nitro groups is 2. The molecule has 0 aromatic heterocycles. The SMILES string of the molecule is Cc1cc([N+](=O)[O-])cc([N+](=O)[O-])c1N1CC1. The Labute approximate surface area is 90.6 Å². The summed E-state index contributed by atoms with van der Waals surface area (Å²) in [7, 11) is 0. The van der Waals surface area contributed by atoms with Gasteiger partial charge < -0.3 is 4.90 Å². The maximum atomic E-state index is 10.8. The average molecular weight is 223 g/mol. The molecule has 7 heteroatoms. The van der Waals surface area contributed by atoms with Gasteiger partial charge >= 0.3 is 0 Å². The van der Waals surface area contributed by atoms with Crippen LogP contribution in [0.2, 0.25) is 0 Å². The van der Waals surface area contributed by atoms with Crippen LogP contribution in [0.15, 0.2) is 12.1 Å². The molecule has 0 unspecified atom stereocenters. The van der Waals surface area contributed by atoms with Crippen LogP contribution in [0.1, 0.15) is 5.56 Å². The highest BCUT2D eigenvalue weighted by Crippen LogP contribution is 2.38. The van der Waals surface area contributed by atoms with Crippen molar-refractivity contribution in [2.24, 2.45) is 0 Å². The summed E-state index contributed by atoms with van der Waals surface area (Å²) in [6.45, 7) is 3.17. The van der Waals surface area contributed by atoms with E-state index in [1.54, 1.807) is 6.92 Å². The van der Waals surface area contributed by atoms with Gasteiger partial charge in [-0.15, -0.1) is 0 Å². The highest BCUT2D eigenvalue weighted by Gasteiger charge is 2.31. The normalized spacial score (nSPS) is 13.7. The Bertz CT molecular complexity index is 482. The second-order valence-electron chi connectivity index (χ2n) is 3.63. The van der Waals surface area contributed by atoms with Gasteiger partial charge in [-0.25, -0.2) is 0 Å². The van der Waals surface area contributed by atoms with E-state index in [0.717, 1.165) is 19.2 Å². The molecule has 0 radical (unpaired) electrons. The summed E-state index contributed by atoms with van der Waals surface area (Å²) >= 11 is 0. The Balaban J connectivity index is 2.60. The summed E-state index contributed by atoms with van der Waals surface area (Å²) in [5, 5.41) is 21.4. The van der Waals surface area contributed by atoms with E-state index in [1.807, 2.05) is 4.90 Å². The zero-order valence-corrected chi connectivity index (χ0v) is 8.54. The third-order valence-corrected chi connectivity index (χ3v) is 2.44. The number of aryl methyl sites for hydroxylation is 1. The zero-order chi connectivity index (χ0) is 11.9. The van der Waals surface area contributed by atoms with Crippen molar-refractivity contribution in [2.45, 2.75) is 6.92 Å². The molecule has 0 bridgehead atoms. The Morgan fingerprint density at radius 3 is 2.25 bits per heavy atom. The molecule has 1 heterocycles. The van der Waals surface area contributed by atoms with Gasteiger partial charge in [0.25, 0.3) is 11.4 Å². The molecule has 1 aliphatic rings. The van der Waals surface area contributed by atoms with E-state index in [-0.39, 0.29) is 11.4 Å². The Kier molecular flexibility index (Phi) is 2.22. The van der Waals surface area contributed by atoms with Crippen LogP contribution in [0.3, 0.4) is 0 Å². The van der Waals surface area contributed by atoms with Crippen molar-refractivity contribution in [3.8, 4) is 0 Å². The monoisotopic (exact) mass is 223 g/mol. The second-order valence-corrected chi connectivity index (χ2v) is 3.63. The van der Waals surface area contributed by atoms with Gasteiger partial charge in [0.05, 0.1) is 15.9 Å². The number of nitro benzene ring substituents is 2. The van der Waals surface area contributed by atoms with E-state index >= 15 is 0 Å². The number of benzene rings is 1. The van der Waals surface area contributed by atoms with Crippen molar-refractivity contribution in [2.75, 3.05) is 18.0 Å². The van der Waals surface area contributed by atoms with Crippen molar-refractivity contribution >= 4 is 17.1 Å². The summed E-state index contributed by atoms with van der Waals surface area (Å²) in [4.78, 5) is 22.1. The molecule has 0 atom stereocenters. The lowest BCUT2D eigenvalue weighted by molar-refractivity contribution is -0.393. The standard InChI is InChI=1S/C9H9N3O4/c1-6-4-7(11(13)14)5-8(12(15)16)9(6)10-2-3-10/h4-5H,2-3H2,1H3. The summed E-state index contributed by atoms with van der Waals surface area (Å²) in [5.74, 6) is 0. The average Bonchev–Trinajstić information content (AvgIpc) is 2.99. The van der Waals surface area contributed by atoms with Crippen molar-refractivity contribution in [1.82, 2.24) is 0 Å². The summed E-state index contributed by atoms with van der Waals surface area (Å²) in [6.07, 6.45) is 0. The minimum Gasteiger partial charge on any atom is -0.362 e. The molecule has 0 saturated carbocycles. The molecule has 0 N–H and O–H groups in total. The molecule has 0 amide bonds. The van der Waals surface area contributed by atoms with Gasteiger partial charge in [0.1, 0.15) is 5.69 Å².